The van der Waals surface area contributed by atoms with Crippen molar-refractivity contribution in [1.82, 2.24) is 20.1 Å². The molecule has 0 aromatic carbocycles. The smallest absolute Gasteiger partial charge is 0.0823 e. The SMILES string of the molecule is CCN(CC)C1(C(NN)c2c(Br)cnn2C)CCCC1. The van der Waals surface area contributed by atoms with E-state index in [1.807, 2.05) is 17.9 Å². The minimum absolute atomic E-state index is 0.0896. The number of nitrogens with zero attached hydrogens (tertiary/aromatic N) is 3. The van der Waals surface area contributed by atoms with Crippen LogP contribution in [-0.2, 0) is 7.05 Å². The molecule has 3 N–H and O–H groups in total. The lowest BCUT2D eigenvalue weighted by molar-refractivity contribution is 0.0593. The van der Waals surface area contributed by atoms with Crippen molar-refractivity contribution in [2.75, 3.05) is 13.1 Å². The first kappa shape index (κ1) is 15.9. The minimum Gasteiger partial charge on any atom is -0.296 e. The number of nitrogens with one attached hydrogen (secondary N) is 1. The Labute approximate surface area is 130 Å². The van der Waals surface area contributed by atoms with E-state index >= 15 is 0 Å². The van der Waals surface area contributed by atoms with Gasteiger partial charge in [0.25, 0.3) is 0 Å². The molecule has 0 spiro atoms. The van der Waals surface area contributed by atoms with Gasteiger partial charge in [0.1, 0.15) is 0 Å². The van der Waals surface area contributed by atoms with Gasteiger partial charge in [0.15, 0.2) is 0 Å². The molecule has 5 nitrogen and oxygen atoms in total. The summed E-state index contributed by atoms with van der Waals surface area (Å²) in [5.74, 6) is 5.98. The molecule has 0 saturated heterocycles. The molecule has 1 saturated carbocycles. The van der Waals surface area contributed by atoms with Crippen molar-refractivity contribution in [2.24, 2.45) is 12.9 Å². The number of likely N-dealkylation sites (N-methyl/N-ethyl adjacent to an activating group) is 1. The van der Waals surface area contributed by atoms with Gasteiger partial charge >= 0.3 is 0 Å². The lowest BCUT2D eigenvalue weighted by Gasteiger charge is -2.46. The molecule has 114 valence electrons. The van der Waals surface area contributed by atoms with Gasteiger partial charge in [0.2, 0.25) is 0 Å². The summed E-state index contributed by atoms with van der Waals surface area (Å²) in [4.78, 5) is 2.56. The Balaban J connectivity index is 2.46. The molecule has 0 radical (unpaired) electrons. The van der Waals surface area contributed by atoms with Crippen molar-refractivity contribution in [1.29, 1.82) is 0 Å². The largest absolute Gasteiger partial charge is 0.296 e. The van der Waals surface area contributed by atoms with Crippen LogP contribution in [-0.4, -0.2) is 33.3 Å². The molecule has 0 bridgehead atoms. The number of nitrogens with two attached hydrogens (primary N) is 1. The first-order chi connectivity index (χ1) is 9.60. The maximum atomic E-state index is 5.98. The summed E-state index contributed by atoms with van der Waals surface area (Å²) in [6.07, 6.45) is 6.75. The molecular weight excluding hydrogens is 318 g/mol. The van der Waals surface area contributed by atoms with E-state index in [0.717, 1.165) is 23.3 Å². The zero-order valence-corrected chi connectivity index (χ0v) is 14.3. The first-order valence-electron chi connectivity index (χ1n) is 7.49. The Bertz CT molecular complexity index is 415. The van der Waals surface area contributed by atoms with Crippen LogP contribution >= 0.6 is 15.9 Å². The second-order valence-electron chi connectivity index (χ2n) is 5.58. The highest BCUT2D eigenvalue weighted by molar-refractivity contribution is 9.10. The quantitative estimate of drug-likeness (QED) is 0.614. The van der Waals surface area contributed by atoms with Crippen molar-refractivity contribution < 1.29 is 0 Å². The van der Waals surface area contributed by atoms with Crippen LogP contribution in [0.3, 0.4) is 0 Å². The molecule has 1 aromatic heterocycles. The molecule has 1 aliphatic rings. The number of hydrogen-bond donors (Lipinski definition) is 2. The van der Waals surface area contributed by atoms with Gasteiger partial charge in [-0.05, 0) is 41.9 Å². The Morgan fingerprint density at radius 2 is 2.05 bits per heavy atom. The summed E-state index contributed by atoms with van der Waals surface area (Å²) in [7, 11) is 1.98. The third kappa shape index (κ3) is 2.54. The zero-order chi connectivity index (χ0) is 14.8. The molecule has 1 unspecified atom stereocenters. The molecule has 1 heterocycles. The van der Waals surface area contributed by atoms with Crippen molar-refractivity contribution in [3.8, 4) is 0 Å². The topological polar surface area (TPSA) is 59.1 Å². The van der Waals surface area contributed by atoms with Gasteiger partial charge in [0, 0.05) is 12.6 Å². The van der Waals surface area contributed by atoms with Crippen molar-refractivity contribution >= 4 is 15.9 Å². The predicted octanol–water partition coefficient (Wildman–Crippen LogP) is 2.34. The summed E-state index contributed by atoms with van der Waals surface area (Å²) in [5, 5.41) is 4.35. The lowest BCUT2D eigenvalue weighted by atomic mass is 9.84. The molecule has 1 aromatic rings. The number of rotatable bonds is 6. The second kappa shape index (κ2) is 6.56. The third-order valence-corrected chi connectivity index (χ3v) is 5.39. The molecule has 1 aliphatic carbocycles. The molecule has 1 fully saturated rings. The van der Waals surface area contributed by atoms with Crippen LogP contribution in [0.15, 0.2) is 10.7 Å². The third-order valence-electron chi connectivity index (χ3n) is 4.78. The molecule has 6 heteroatoms. The first-order valence-corrected chi connectivity index (χ1v) is 8.28. The van der Waals surface area contributed by atoms with Gasteiger partial charge < -0.3 is 0 Å². The number of hydrazine groups is 1. The van der Waals surface area contributed by atoms with E-state index in [9.17, 15) is 0 Å². The van der Waals surface area contributed by atoms with Crippen LogP contribution < -0.4 is 11.3 Å². The molecule has 20 heavy (non-hydrogen) atoms. The Hall–Kier alpha value is -0.430. The molecular formula is C14H26BrN5. The van der Waals surface area contributed by atoms with E-state index in [0.29, 0.717) is 0 Å². The van der Waals surface area contributed by atoms with Crippen LogP contribution in [0.4, 0.5) is 0 Å². The normalized spacial score (nSPS) is 19.7. The fraction of sp³-hybridized carbons (Fsp3) is 0.786. The van der Waals surface area contributed by atoms with Gasteiger partial charge in [-0.1, -0.05) is 26.7 Å². The fourth-order valence-corrected chi connectivity index (χ4v) is 4.44. The Morgan fingerprint density at radius 3 is 2.45 bits per heavy atom. The van der Waals surface area contributed by atoms with Gasteiger partial charge in [0.05, 0.1) is 22.4 Å². The summed E-state index contributed by atoms with van der Waals surface area (Å²) < 4.78 is 2.96. The van der Waals surface area contributed by atoms with Crippen LogP contribution in [0.25, 0.3) is 0 Å². The summed E-state index contributed by atoms with van der Waals surface area (Å²) in [6.45, 7) is 6.55. The molecule has 1 atom stereocenters. The monoisotopic (exact) mass is 343 g/mol. The minimum atomic E-state index is 0.0896. The molecule has 2 rings (SSSR count). The standard InChI is InChI=1S/C14H26BrN5/c1-4-20(5-2)14(8-6-7-9-14)13(18-16)12-11(15)10-17-19(12)3/h10,13,18H,4-9,16H2,1-3H3. The molecule has 0 amide bonds. The van der Waals surface area contributed by atoms with Gasteiger partial charge in [-0.15, -0.1) is 0 Å². The van der Waals surface area contributed by atoms with Gasteiger partial charge in [-0.2, -0.15) is 5.10 Å². The van der Waals surface area contributed by atoms with E-state index in [-0.39, 0.29) is 11.6 Å². The predicted molar refractivity (Wildman–Crippen MR) is 85.1 cm³/mol. The highest BCUT2D eigenvalue weighted by atomic mass is 79.9. The zero-order valence-electron chi connectivity index (χ0n) is 12.7. The number of halogens is 1. The highest BCUT2D eigenvalue weighted by Crippen LogP contribution is 2.45. The number of aromatic nitrogens is 2. The fourth-order valence-electron chi connectivity index (χ4n) is 3.86. The van der Waals surface area contributed by atoms with E-state index in [1.54, 1.807) is 0 Å². The average molecular weight is 344 g/mol. The number of aryl methyl sites for hydroxylation is 1. The van der Waals surface area contributed by atoms with Gasteiger partial charge in [-0.3, -0.25) is 15.4 Å². The van der Waals surface area contributed by atoms with E-state index in [1.165, 1.54) is 25.7 Å². The van der Waals surface area contributed by atoms with Crippen LogP contribution in [0, 0.1) is 0 Å². The Kier molecular flexibility index (Phi) is 5.23. The van der Waals surface area contributed by atoms with E-state index < -0.39 is 0 Å². The van der Waals surface area contributed by atoms with Crippen LogP contribution in [0.1, 0.15) is 51.3 Å². The van der Waals surface area contributed by atoms with Crippen LogP contribution in [0.2, 0.25) is 0 Å². The Morgan fingerprint density at radius 1 is 1.45 bits per heavy atom. The summed E-state index contributed by atoms with van der Waals surface area (Å²) >= 11 is 3.63. The maximum Gasteiger partial charge on any atom is 0.0823 e. The summed E-state index contributed by atoms with van der Waals surface area (Å²) in [5.41, 5.74) is 4.32. The van der Waals surface area contributed by atoms with Crippen molar-refractivity contribution in [2.45, 2.75) is 51.1 Å². The van der Waals surface area contributed by atoms with Crippen molar-refractivity contribution in [3.05, 3.63) is 16.4 Å². The second-order valence-corrected chi connectivity index (χ2v) is 6.44. The lowest BCUT2D eigenvalue weighted by Crippen LogP contribution is -2.56. The number of hydrogen-bond acceptors (Lipinski definition) is 4. The molecule has 0 aliphatic heterocycles. The van der Waals surface area contributed by atoms with Crippen LogP contribution in [0.5, 0.6) is 0 Å². The van der Waals surface area contributed by atoms with E-state index in [2.05, 4.69) is 45.2 Å². The highest BCUT2D eigenvalue weighted by Gasteiger charge is 2.46. The van der Waals surface area contributed by atoms with E-state index in [4.69, 9.17) is 5.84 Å². The van der Waals surface area contributed by atoms with Gasteiger partial charge in [-0.25, -0.2) is 5.43 Å². The van der Waals surface area contributed by atoms with Crippen molar-refractivity contribution in [3.63, 3.8) is 0 Å². The summed E-state index contributed by atoms with van der Waals surface area (Å²) in [6, 6.07) is 0.0896. The maximum absolute atomic E-state index is 5.98. The average Bonchev–Trinajstić information content (AvgIpc) is 3.04.